The number of hydrogen-bond acceptors (Lipinski definition) is 3. The zero-order valence-electron chi connectivity index (χ0n) is 13.4. The first-order valence-electron chi connectivity index (χ1n) is 8.93. The van der Waals surface area contributed by atoms with Crippen molar-refractivity contribution >= 4 is 18.8 Å². The fraction of sp³-hybridized carbons (Fsp3) is 0.611. The normalized spacial score (nSPS) is 28.7. The van der Waals surface area contributed by atoms with E-state index < -0.39 is 7.12 Å². The van der Waals surface area contributed by atoms with E-state index in [1.807, 2.05) is 6.07 Å². The molecule has 3 nitrogen and oxygen atoms in total. The molecule has 0 aromatic heterocycles. The molecular weight excluding hydrogens is 292 g/mol. The van der Waals surface area contributed by atoms with Crippen LogP contribution in [0.25, 0.3) is 0 Å². The SMILES string of the molecule is Fc1cc(B2O[C@H]3CCC[C@H]3O2)ccc1C=NC1CCCCC1. The van der Waals surface area contributed by atoms with E-state index >= 15 is 0 Å². The lowest BCUT2D eigenvalue weighted by Gasteiger charge is -2.17. The quantitative estimate of drug-likeness (QED) is 0.633. The Kier molecular flexibility index (Phi) is 4.49. The summed E-state index contributed by atoms with van der Waals surface area (Å²) in [4.78, 5) is 4.56. The maximum Gasteiger partial charge on any atom is 0.494 e. The predicted molar refractivity (Wildman–Crippen MR) is 89.9 cm³/mol. The molecule has 1 aromatic rings. The summed E-state index contributed by atoms with van der Waals surface area (Å²) in [7, 11) is -0.413. The van der Waals surface area contributed by atoms with Gasteiger partial charge in [0.1, 0.15) is 5.82 Å². The van der Waals surface area contributed by atoms with Crippen molar-refractivity contribution in [3.05, 3.63) is 29.6 Å². The van der Waals surface area contributed by atoms with Gasteiger partial charge in [-0.05, 0) is 43.6 Å². The summed E-state index contributed by atoms with van der Waals surface area (Å²) in [5.74, 6) is -0.244. The summed E-state index contributed by atoms with van der Waals surface area (Å²) in [5, 5.41) is 0. The van der Waals surface area contributed by atoms with Crippen LogP contribution in [0.15, 0.2) is 23.2 Å². The number of fused-ring (bicyclic) bond motifs is 1. The maximum absolute atomic E-state index is 14.3. The summed E-state index contributed by atoms with van der Waals surface area (Å²) in [6.45, 7) is 0. The fourth-order valence-electron chi connectivity index (χ4n) is 3.92. The van der Waals surface area contributed by atoms with E-state index in [-0.39, 0.29) is 18.0 Å². The lowest BCUT2D eigenvalue weighted by Crippen LogP contribution is -2.33. The van der Waals surface area contributed by atoms with Crippen LogP contribution in [0.4, 0.5) is 4.39 Å². The average molecular weight is 315 g/mol. The summed E-state index contributed by atoms with van der Waals surface area (Å²) in [6.07, 6.45) is 11.4. The van der Waals surface area contributed by atoms with E-state index in [1.165, 1.54) is 25.3 Å². The lowest BCUT2D eigenvalue weighted by atomic mass is 9.79. The van der Waals surface area contributed by atoms with Crippen molar-refractivity contribution in [3.63, 3.8) is 0 Å². The largest absolute Gasteiger partial charge is 0.494 e. The Morgan fingerprint density at radius 3 is 2.43 bits per heavy atom. The van der Waals surface area contributed by atoms with Gasteiger partial charge in [-0.2, -0.15) is 0 Å². The minimum atomic E-state index is -0.413. The van der Waals surface area contributed by atoms with Crippen LogP contribution in [0, 0.1) is 5.82 Å². The van der Waals surface area contributed by atoms with E-state index in [4.69, 9.17) is 9.31 Å². The van der Waals surface area contributed by atoms with Crippen molar-refractivity contribution in [1.82, 2.24) is 0 Å². The zero-order valence-corrected chi connectivity index (χ0v) is 13.4. The Balaban J connectivity index is 1.43. The number of rotatable bonds is 3. The highest BCUT2D eigenvalue weighted by Gasteiger charge is 2.43. The Bertz CT molecular complexity index is 576. The van der Waals surface area contributed by atoms with Crippen LogP contribution < -0.4 is 5.46 Å². The molecule has 3 fully saturated rings. The van der Waals surface area contributed by atoms with Crippen molar-refractivity contribution < 1.29 is 13.7 Å². The molecule has 5 heteroatoms. The molecule has 0 unspecified atom stereocenters. The van der Waals surface area contributed by atoms with Crippen molar-refractivity contribution in [2.75, 3.05) is 0 Å². The van der Waals surface area contributed by atoms with Crippen molar-refractivity contribution in [1.29, 1.82) is 0 Å². The van der Waals surface area contributed by atoms with Gasteiger partial charge in [0.2, 0.25) is 0 Å². The molecule has 1 aromatic carbocycles. The van der Waals surface area contributed by atoms with E-state index in [1.54, 1.807) is 12.3 Å². The van der Waals surface area contributed by atoms with E-state index in [2.05, 4.69) is 4.99 Å². The molecule has 0 amide bonds. The van der Waals surface area contributed by atoms with Gasteiger partial charge in [-0.1, -0.05) is 31.4 Å². The highest BCUT2D eigenvalue weighted by molar-refractivity contribution is 6.61. The summed E-state index contributed by atoms with van der Waals surface area (Å²) in [6, 6.07) is 5.59. The highest BCUT2D eigenvalue weighted by Crippen LogP contribution is 2.31. The topological polar surface area (TPSA) is 30.8 Å². The Morgan fingerprint density at radius 1 is 1.00 bits per heavy atom. The third-order valence-corrected chi connectivity index (χ3v) is 5.28. The monoisotopic (exact) mass is 315 g/mol. The third kappa shape index (κ3) is 3.36. The van der Waals surface area contributed by atoms with E-state index in [0.29, 0.717) is 11.6 Å². The second-order valence-electron chi connectivity index (χ2n) is 6.96. The minimum absolute atomic E-state index is 0.190. The van der Waals surface area contributed by atoms with Crippen LogP contribution in [-0.2, 0) is 9.31 Å². The molecule has 0 N–H and O–H groups in total. The van der Waals surface area contributed by atoms with Gasteiger partial charge in [-0.15, -0.1) is 0 Å². The summed E-state index contributed by atoms with van der Waals surface area (Å²) >= 11 is 0. The number of aliphatic imine (C=N–C) groups is 1. The average Bonchev–Trinajstić information content (AvgIpc) is 3.16. The van der Waals surface area contributed by atoms with Gasteiger partial charge in [-0.25, -0.2) is 4.39 Å². The first-order chi connectivity index (χ1) is 11.3. The fourth-order valence-corrected chi connectivity index (χ4v) is 3.92. The molecule has 2 saturated carbocycles. The second-order valence-corrected chi connectivity index (χ2v) is 6.96. The molecule has 0 bridgehead atoms. The van der Waals surface area contributed by atoms with Crippen LogP contribution in [0.1, 0.15) is 56.9 Å². The summed E-state index contributed by atoms with van der Waals surface area (Å²) in [5.41, 5.74) is 1.32. The molecule has 122 valence electrons. The smallest absolute Gasteiger partial charge is 0.402 e. The molecular formula is C18H23BFNO2. The number of nitrogens with zero attached hydrogens (tertiary/aromatic N) is 1. The van der Waals surface area contributed by atoms with Crippen molar-refractivity contribution in [2.24, 2.45) is 4.99 Å². The number of halogens is 1. The number of benzene rings is 1. The van der Waals surface area contributed by atoms with Gasteiger partial charge in [0.15, 0.2) is 0 Å². The van der Waals surface area contributed by atoms with E-state index in [9.17, 15) is 4.39 Å². The minimum Gasteiger partial charge on any atom is -0.402 e. The molecule has 1 heterocycles. The first-order valence-corrected chi connectivity index (χ1v) is 8.93. The second kappa shape index (κ2) is 6.74. The van der Waals surface area contributed by atoms with Gasteiger partial charge in [0.25, 0.3) is 0 Å². The molecule has 1 aliphatic heterocycles. The Hall–Kier alpha value is -1.20. The highest BCUT2D eigenvalue weighted by atomic mass is 19.1. The summed E-state index contributed by atoms with van der Waals surface area (Å²) < 4.78 is 26.1. The lowest BCUT2D eigenvalue weighted by molar-refractivity contribution is 0.187. The molecule has 23 heavy (non-hydrogen) atoms. The van der Waals surface area contributed by atoms with Gasteiger partial charge in [-0.3, -0.25) is 4.99 Å². The van der Waals surface area contributed by atoms with Crippen LogP contribution in [0.5, 0.6) is 0 Å². The number of hydrogen-bond donors (Lipinski definition) is 0. The maximum atomic E-state index is 14.3. The molecule has 4 rings (SSSR count). The van der Waals surface area contributed by atoms with Crippen LogP contribution >= 0.6 is 0 Å². The molecule has 2 aliphatic carbocycles. The molecule has 0 radical (unpaired) electrons. The third-order valence-electron chi connectivity index (χ3n) is 5.28. The molecule has 3 aliphatic rings. The Morgan fingerprint density at radius 2 is 1.74 bits per heavy atom. The van der Waals surface area contributed by atoms with Crippen molar-refractivity contribution in [2.45, 2.75) is 69.6 Å². The molecule has 1 saturated heterocycles. The van der Waals surface area contributed by atoms with Crippen LogP contribution in [0.3, 0.4) is 0 Å². The predicted octanol–water partition coefficient (Wildman–Crippen LogP) is 3.24. The van der Waals surface area contributed by atoms with Gasteiger partial charge < -0.3 is 9.31 Å². The van der Waals surface area contributed by atoms with Crippen LogP contribution in [0.2, 0.25) is 0 Å². The van der Waals surface area contributed by atoms with E-state index in [0.717, 1.165) is 37.6 Å². The van der Waals surface area contributed by atoms with Gasteiger partial charge in [0, 0.05) is 17.8 Å². The molecule has 2 atom stereocenters. The van der Waals surface area contributed by atoms with Crippen LogP contribution in [-0.4, -0.2) is 31.6 Å². The van der Waals surface area contributed by atoms with Gasteiger partial charge >= 0.3 is 7.12 Å². The molecule has 0 spiro atoms. The Labute approximate surface area is 137 Å². The standard InChI is InChI=1S/C18H23BFNO2/c20-16-11-14(19-22-17-7-4-8-18(17)23-19)10-9-13(16)12-21-15-5-2-1-3-6-15/h9-12,15,17-18H,1-8H2/t17-,18+. The first kappa shape index (κ1) is 15.3. The van der Waals surface area contributed by atoms with Gasteiger partial charge in [0.05, 0.1) is 12.2 Å². The van der Waals surface area contributed by atoms with Crippen molar-refractivity contribution in [3.8, 4) is 0 Å². The zero-order chi connectivity index (χ0) is 15.6.